The predicted molar refractivity (Wildman–Crippen MR) is 81.0 cm³/mol. The minimum absolute atomic E-state index is 0.476. The summed E-state index contributed by atoms with van der Waals surface area (Å²) in [4.78, 5) is 6.55. The van der Waals surface area contributed by atoms with Crippen LogP contribution in [-0.4, -0.2) is 43.4 Å². The molecule has 3 rings (SSSR count). The van der Waals surface area contributed by atoms with Crippen molar-refractivity contribution in [1.29, 1.82) is 0 Å². The lowest BCUT2D eigenvalue weighted by molar-refractivity contribution is 0.106. The Balaban J connectivity index is 1.45. The largest absolute Gasteiger partial charge is 0.381 e. The predicted octanol–water partition coefficient (Wildman–Crippen LogP) is 2.21. The second kappa shape index (κ2) is 6.55. The summed E-state index contributed by atoms with van der Waals surface area (Å²) in [7, 11) is 1.83. The van der Waals surface area contributed by atoms with Crippen LogP contribution in [0.3, 0.4) is 0 Å². The van der Waals surface area contributed by atoms with Gasteiger partial charge in [-0.3, -0.25) is 4.98 Å². The van der Waals surface area contributed by atoms with Gasteiger partial charge >= 0.3 is 0 Å². The third-order valence-electron chi connectivity index (χ3n) is 4.71. The summed E-state index contributed by atoms with van der Waals surface area (Å²) >= 11 is 0. The second-order valence-corrected chi connectivity index (χ2v) is 6.00. The topological polar surface area (TPSA) is 37.4 Å². The molecule has 0 spiro atoms. The summed E-state index contributed by atoms with van der Waals surface area (Å²) in [5.74, 6) is 0. The van der Waals surface area contributed by atoms with E-state index in [1.807, 2.05) is 19.5 Å². The van der Waals surface area contributed by atoms with Crippen LogP contribution in [0.15, 0.2) is 24.5 Å². The van der Waals surface area contributed by atoms with Crippen molar-refractivity contribution in [3.8, 4) is 0 Å². The first-order valence-electron chi connectivity index (χ1n) is 7.79. The number of hydrogen-bond donors (Lipinski definition) is 1. The first kappa shape index (κ1) is 13.8. The molecule has 1 N–H and O–H groups in total. The number of hydrogen-bond acceptors (Lipinski definition) is 4. The average Bonchev–Trinajstić information content (AvgIpc) is 2.97. The van der Waals surface area contributed by atoms with Crippen LogP contribution in [0.5, 0.6) is 0 Å². The maximum atomic E-state index is 5.45. The molecular weight excluding hydrogens is 250 g/mol. The van der Waals surface area contributed by atoms with Gasteiger partial charge < -0.3 is 15.0 Å². The van der Waals surface area contributed by atoms with Crippen LogP contribution in [0.1, 0.15) is 32.1 Å². The van der Waals surface area contributed by atoms with Gasteiger partial charge in [0, 0.05) is 50.4 Å². The van der Waals surface area contributed by atoms with E-state index in [0.717, 1.165) is 13.1 Å². The van der Waals surface area contributed by atoms with Crippen LogP contribution in [0.2, 0.25) is 0 Å². The molecule has 4 heteroatoms. The number of anilines is 1. The maximum absolute atomic E-state index is 5.45. The molecule has 110 valence electrons. The Morgan fingerprint density at radius 3 is 2.50 bits per heavy atom. The number of nitrogens with zero attached hydrogens (tertiary/aromatic N) is 2. The highest BCUT2D eigenvalue weighted by atomic mass is 16.5. The zero-order valence-corrected chi connectivity index (χ0v) is 12.3. The maximum Gasteiger partial charge on any atom is 0.0586 e. The monoisotopic (exact) mass is 275 g/mol. The highest BCUT2D eigenvalue weighted by Crippen LogP contribution is 2.24. The number of pyridine rings is 1. The fourth-order valence-electron chi connectivity index (χ4n) is 3.50. The highest BCUT2D eigenvalue weighted by Gasteiger charge is 2.27. The summed E-state index contributed by atoms with van der Waals surface area (Å²) < 4.78 is 5.45. The van der Waals surface area contributed by atoms with Gasteiger partial charge in [-0.15, -0.1) is 0 Å². The van der Waals surface area contributed by atoms with Gasteiger partial charge in [-0.05, 0) is 44.2 Å². The molecule has 4 nitrogen and oxygen atoms in total. The standard InChI is InChI=1S/C16H25N3O/c1-20-16-3-2-14(12-16)18-13-6-10-19(11-7-13)15-4-8-17-9-5-15/h4-5,8-9,13-14,16,18H,2-3,6-7,10-12H2,1H3. The van der Waals surface area contributed by atoms with E-state index in [1.165, 1.54) is 37.8 Å². The minimum atomic E-state index is 0.476. The summed E-state index contributed by atoms with van der Waals surface area (Å²) in [6.45, 7) is 2.28. The SMILES string of the molecule is COC1CCC(NC2CCN(c3ccncc3)CC2)C1. The van der Waals surface area contributed by atoms with Crippen LogP contribution in [0.25, 0.3) is 0 Å². The first-order chi connectivity index (χ1) is 9.85. The fourth-order valence-corrected chi connectivity index (χ4v) is 3.50. The van der Waals surface area contributed by atoms with Gasteiger partial charge in [0.05, 0.1) is 6.10 Å². The molecule has 0 bridgehead atoms. The molecule has 2 aliphatic rings. The smallest absolute Gasteiger partial charge is 0.0586 e. The van der Waals surface area contributed by atoms with Crippen molar-refractivity contribution in [1.82, 2.24) is 10.3 Å². The zero-order valence-electron chi connectivity index (χ0n) is 12.3. The molecule has 1 aliphatic carbocycles. The van der Waals surface area contributed by atoms with Crippen molar-refractivity contribution in [3.63, 3.8) is 0 Å². The first-order valence-corrected chi connectivity index (χ1v) is 7.79. The fraction of sp³-hybridized carbons (Fsp3) is 0.688. The highest BCUT2D eigenvalue weighted by molar-refractivity contribution is 5.44. The Hall–Kier alpha value is -1.13. The van der Waals surface area contributed by atoms with E-state index >= 15 is 0 Å². The molecule has 0 radical (unpaired) electrons. The number of rotatable bonds is 4. The third-order valence-corrected chi connectivity index (χ3v) is 4.71. The lowest BCUT2D eigenvalue weighted by Crippen LogP contribution is -2.45. The molecule has 1 saturated carbocycles. The summed E-state index contributed by atoms with van der Waals surface area (Å²) in [5, 5.41) is 3.84. The number of piperidine rings is 1. The third kappa shape index (κ3) is 3.30. The Morgan fingerprint density at radius 2 is 1.85 bits per heavy atom. The van der Waals surface area contributed by atoms with Gasteiger partial charge in [-0.25, -0.2) is 0 Å². The van der Waals surface area contributed by atoms with Crippen molar-refractivity contribution in [2.24, 2.45) is 0 Å². The van der Waals surface area contributed by atoms with E-state index in [4.69, 9.17) is 4.74 Å². The van der Waals surface area contributed by atoms with E-state index in [9.17, 15) is 0 Å². The van der Waals surface area contributed by atoms with Crippen LogP contribution in [0.4, 0.5) is 5.69 Å². The van der Waals surface area contributed by atoms with Crippen molar-refractivity contribution >= 4 is 5.69 Å². The van der Waals surface area contributed by atoms with E-state index in [-0.39, 0.29) is 0 Å². The molecule has 0 amide bonds. The van der Waals surface area contributed by atoms with Gasteiger partial charge in [-0.2, -0.15) is 0 Å². The van der Waals surface area contributed by atoms with Gasteiger partial charge in [0.15, 0.2) is 0 Å². The van der Waals surface area contributed by atoms with Gasteiger partial charge in [-0.1, -0.05) is 0 Å². The molecule has 2 heterocycles. The number of nitrogens with one attached hydrogen (secondary N) is 1. The van der Waals surface area contributed by atoms with Crippen LogP contribution in [-0.2, 0) is 4.74 Å². The van der Waals surface area contributed by atoms with E-state index in [2.05, 4.69) is 27.3 Å². The van der Waals surface area contributed by atoms with Gasteiger partial charge in [0.1, 0.15) is 0 Å². The van der Waals surface area contributed by atoms with E-state index < -0.39 is 0 Å². The summed E-state index contributed by atoms with van der Waals surface area (Å²) in [6.07, 6.45) is 10.4. The van der Waals surface area contributed by atoms with Crippen molar-refractivity contribution < 1.29 is 4.74 Å². The van der Waals surface area contributed by atoms with Crippen molar-refractivity contribution in [2.75, 3.05) is 25.1 Å². The molecule has 1 aromatic rings. The Labute approximate surface area is 121 Å². The van der Waals surface area contributed by atoms with Gasteiger partial charge in [0.2, 0.25) is 0 Å². The summed E-state index contributed by atoms with van der Waals surface area (Å²) in [5.41, 5.74) is 1.30. The Morgan fingerprint density at radius 1 is 1.10 bits per heavy atom. The zero-order chi connectivity index (χ0) is 13.8. The average molecular weight is 275 g/mol. The molecule has 2 atom stereocenters. The van der Waals surface area contributed by atoms with E-state index in [0.29, 0.717) is 18.2 Å². The molecule has 20 heavy (non-hydrogen) atoms. The van der Waals surface area contributed by atoms with Crippen molar-refractivity contribution in [3.05, 3.63) is 24.5 Å². The molecule has 1 aliphatic heterocycles. The molecular formula is C16H25N3O. The second-order valence-electron chi connectivity index (χ2n) is 6.00. The Bertz CT molecular complexity index is 403. The molecule has 1 aromatic heterocycles. The molecule has 0 aromatic carbocycles. The van der Waals surface area contributed by atoms with Gasteiger partial charge in [0.25, 0.3) is 0 Å². The molecule has 2 unspecified atom stereocenters. The minimum Gasteiger partial charge on any atom is -0.381 e. The van der Waals surface area contributed by atoms with Crippen LogP contribution in [0, 0.1) is 0 Å². The van der Waals surface area contributed by atoms with Crippen molar-refractivity contribution in [2.45, 2.75) is 50.3 Å². The molecule has 1 saturated heterocycles. The summed E-state index contributed by atoms with van der Waals surface area (Å²) in [6, 6.07) is 5.55. The van der Waals surface area contributed by atoms with Crippen LogP contribution < -0.4 is 10.2 Å². The lowest BCUT2D eigenvalue weighted by atomic mass is 10.0. The molecule has 2 fully saturated rings. The quantitative estimate of drug-likeness (QED) is 0.914. The number of methoxy groups -OCH3 is 1. The number of ether oxygens (including phenoxy) is 1. The Kier molecular flexibility index (Phi) is 4.53. The van der Waals surface area contributed by atoms with E-state index in [1.54, 1.807) is 0 Å². The normalized spacial score (nSPS) is 27.9. The van der Waals surface area contributed by atoms with Crippen LogP contribution >= 0.6 is 0 Å². The number of aromatic nitrogens is 1. The lowest BCUT2D eigenvalue weighted by Gasteiger charge is -2.35.